The number of hydrogen-bond donors (Lipinski definition) is 0. The summed E-state index contributed by atoms with van der Waals surface area (Å²) in [6, 6.07) is 18.4. The maximum atomic E-state index is 12.1. The maximum absolute atomic E-state index is 12.1. The van der Waals surface area contributed by atoms with Crippen molar-refractivity contribution < 1.29 is 17.3 Å². The largest absolute Gasteiger partial charge is 0.475 e. The summed E-state index contributed by atoms with van der Waals surface area (Å²) in [4.78, 5) is 6.43. The molecule has 6 nitrogen and oxygen atoms in total. The molecule has 0 fully saturated rings. The van der Waals surface area contributed by atoms with Gasteiger partial charge in [0.15, 0.2) is 0 Å². The second kappa shape index (κ2) is 10.2. The highest BCUT2D eigenvalue weighted by molar-refractivity contribution is 7.86. The molecule has 0 amide bonds. The van der Waals surface area contributed by atoms with Gasteiger partial charge in [-0.2, -0.15) is 8.42 Å². The second-order valence-corrected chi connectivity index (χ2v) is 8.80. The molecule has 0 aliphatic rings. The van der Waals surface area contributed by atoms with Crippen LogP contribution in [0.15, 0.2) is 71.8 Å². The molecule has 0 N–H and O–H groups in total. The number of hydrogen-bond acceptors (Lipinski definition) is 6. The van der Waals surface area contributed by atoms with Crippen molar-refractivity contribution in [2.45, 2.75) is 11.8 Å². The summed E-state index contributed by atoms with van der Waals surface area (Å²) >= 11 is 0. The first kappa shape index (κ1) is 22.5. The minimum absolute atomic E-state index is 0.0749. The number of aromatic nitrogens is 1. The molecule has 0 aliphatic carbocycles. The SMILES string of the molecule is Cc1ccc(S(=O)(=O)OCCOc2ccc(/C=C/c3ccc(N(C)C)cc3)cn2)cc1. The maximum Gasteiger partial charge on any atom is 0.297 e. The fourth-order valence-corrected chi connectivity index (χ4v) is 3.61. The van der Waals surface area contributed by atoms with Gasteiger partial charge in [-0.1, -0.05) is 42.0 Å². The molecule has 2 aromatic carbocycles. The van der Waals surface area contributed by atoms with Gasteiger partial charge in [0.2, 0.25) is 5.88 Å². The third kappa shape index (κ3) is 6.67. The van der Waals surface area contributed by atoms with E-state index in [4.69, 9.17) is 8.92 Å². The fourth-order valence-electron chi connectivity index (χ4n) is 2.71. The molecule has 0 radical (unpaired) electrons. The Kier molecular flexibility index (Phi) is 7.44. The third-order valence-electron chi connectivity index (χ3n) is 4.52. The molecule has 0 saturated heterocycles. The molecule has 0 aliphatic heterocycles. The molecule has 3 aromatic rings. The molecule has 0 spiro atoms. The summed E-state index contributed by atoms with van der Waals surface area (Å²) in [7, 11) is 0.227. The Labute approximate surface area is 183 Å². The summed E-state index contributed by atoms with van der Waals surface area (Å²) in [5.41, 5.74) is 4.16. The van der Waals surface area contributed by atoms with E-state index in [0.29, 0.717) is 5.88 Å². The lowest BCUT2D eigenvalue weighted by Crippen LogP contribution is -2.13. The average molecular weight is 439 g/mol. The van der Waals surface area contributed by atoms with Crippen LogP contribution in [0.1, 0.15) is 16.7 Å². The van der Waals surface area contributed by atoms with Crippen LogP contribution in [0.5, 0.6) is 5.88 Å². The Morgan fingerprint density at radius 1 is 0.871 bits per heavy atom. The summed E-state index contributed by atoms with van der Waals surface area (Å²) < 4.78 is 34.8. The van der Waals surface area contributed by atoms with Crippen LogP contribution in [0.3, 0.4) is 0 Å². The first-order valence-corrected chi connectivity index (χ1v) is 11.2. The van der Waals surface area contributed by atoms with E-state index in [2.05, 4.69) is 34.1 Å². The molecule has 0 saturated carbocycles. The molecule has 1 aromatic heterocycles. The van der Waals surface area contributed by atoms with E-state index in [9.17, 15) is 8.42 Å². The highest BCUT2D eigenvalue weighted by Gasteiger charge is 2.14. The van der Waals surface area contributed by atoms with Gasteiger partial charge in [-0.3, -0.25) is 4.18 Å². The van der Waals surface area contributed by atoms with Crippen LogP contribution in [0, 0.1) is 6.92 Å². The van der Waals surface area contributed by atoms with E-state index < -0.39 is 10.1 Å². The van der Waals surface area contributed by atoms with Gasteiger partial charge in [0.25, 0.3) is 10.1 Å². The highest BCUT2D eigenvalue weighted by atomic mass is 32.2. The molecule has 31 heavy (non-hydrogen) atoms. The van der Waals surface area contributed by atoms with Gasteiger partial charge in [0.1, 0.15) is 13.2 Å². The topological polar surface area (TPSA) is 68.7 Å². The highest BCUT2D eigenvalue weighted by Crippen LogP contribution is 2.16. The van der Waals surface area contributed by atoms with Crippen LogP contribution in [0.25, 0.3) is 12.2 Å². The molecular weight excluding hydrogens is 412 g/mol. The van der Waals surface area contributed by atoms with Crippen LogP contribution in [0.2, 0.25) is 0 Å². The normalized spacial score (nSPS) is 11.6. The minimum atomic E-state index is -3.79. The molecule has 0 bridgehead atoms. The number of anilines is 1. The Hall–Kier alpha value is -3.16. The van der Waals surface area contributed by atoms with E-state index in [1.54, 1.807) is 24.4 Å². The van der Waals surface area contributed by atoms with Crippen LogP contribution < -0.4 is 9.64 Å². The monoisotopic (exact) mass is 438 g/mol. The Morgan fingerprint density at radius 2 is 1.52 bits per heavy atom. The lowest BCUT2D eigenvalue weighted by Gasteiger charge is -2.11. The molecule has 1 heterocycles. The van der Waals surface area contributed by atoms with E-state index in [0.717, 1.165) is 22.4 Å². The standard InChI is InChI=1S/C24H26N2O4S/c1-19-4-13-23(14-5-19)31(27,28)30-17-16-29-24-15-10-21(18-25-24)7-6-20-8-11-22(12-9-20)26(2)3/h4-15,18H,16-17H2,1-3H3/b7-6+. The summed E-state index contributed by atoms with van der Waals surface area (Å²) in [6.45, 7) is 1.87. The molecule has 0 atom stereocenters. The van der Waals surface area contributed by atoms with E-state index in [1.165, 1.54) is 12.1 Å². The summed E-state index contributed by atoms with van der Waals surface area (Å²) in [5.74, 6) is 0.406. The first-order valence-electron chi connectivity index (χ1n) is 9.84. The van der Waals surface area contributed by atoms with Gasteiger partial charge in [0, 0.05) is 32.0 Å². The Bertz CT molecular complexity index is 1110. The van der Waals surface area contributed by atoms with Crippen molar-refractivity contribution in [2.75, 3.05) is 32.2 Å². The lowest BCUT2D eigenvalue weighted by molar-refractivity contribution is 0.216. The smallest absolute Gasteiger partial charge is 0.297 e. The number of ether oxygens (including phenoxy) is 1. The van der Waals surface area contributed by atoms with Gasteiger partial charge < -0.3 is 9.64 Å². The van der Waals surface area contributed by atoms with Crippen LogP contribution in [0.4, 0.5) is 5.69 Å². The zero-order valence-electron chi connectivity index (χ0n) is 17.9. The van der Waals surface area contributed by atoms with Gasteiger partial charge in [0.05, 0.1) is 4.90 Å². The number of rotatable bonds is 9. The lowest BCUT2D eigenvalue weighted by atomic mass is 10.1. The van der Waals surface area contributed by atoms with Crippen LogP contribution >= 0.6 is 0 Å². The van der Waals surface area contributed by atoms with Crippen molar-refractivity contribution in [3.8, 4) is 5.88 Å². The number of benzene rings is 2. The van der Waals surface area contributed by atoms with Gasteiger partial charge in [-0.15, -0.1) is 0 Å². The van der Waals surface area contributed by atoms with E-state index in [-0.39, 0.29) is 18.1 Å². The van der Waals surface area contributed by atoms with Gasteiger partial charge in [-0.25, -0.2) is 4.98 Å². The molecule has 7 heteroatoms. The molecule has 0 unspecified atom stereocenters. The first-order chi connectivity index (χ1) is 14.8. The quantitative estimate of drug-likeness (QED) is 0.364. The molecule has 3 rings (SSSR count). The molecule has 162 valence electrons. The van der Waals surface area contributed by atoms with Crippen molar-refractivity contribution in [1.82, 2.24) is 4.98 Å². The summed E-state index contributed by atoms with van der Waals surface area (Å²) in [5, 5.41) is 0. The fraction of sp³-hybridized carbons (Fsp3) is 0.208. The van der Waals surface area contributed by atoms with Gasteiger partial charge in [-0.05, 0) is 48.4 Å². The number of nitrogens with zero attached hydrogens (tertiary/aromatic N) is 2. The Morgan fingerprint density at radius 3 is 2.13 bits per heavy atom. The summed E-state index contributed by atoms with van der Waals surface area (Å²) in [6.07, 6.45) is 5.68. The van der Waals surface area contributed by atoms with Crippen LogP contribution in [-0.4, -0.2) is 40.7 Å². The zero-order chi connectivity index (χ0) is 22.3. The zero-order valence-corrected chi connectivity index (χ0v) is 18.7. The average Bonchev–Trinajstić information content (AvgIpc) is 2.77. The van der Waals surface area contributed by atoms with Crippen molar-refractivity contribution in [2.24, 2.45) is 0 Å². The van der Waals surface area contributed by atoms with Crippen molar-refractivity contribution in [1.29, 1.82) is 0 Å². The number of pyridine rings is 1. The predicted molar refractivity (Wildman–Crippen MR) is 124 cm³/mol. The van der Waals surface area contributed by atoms with Crippen LogP contribution in [-0.2, 0) is 14.3 Å². The second-order valence-electron chi connectivity index (χ2n) is 7.19. The third-order valence-corrected chi connectivity index (χ3v) is 5.84. The predicted octanol–water partition coefficient (Wildman–Crippen LogP) is 4.41. The Balaban J connectivity index is 1.47. The minimum Gasteiger partial charge on any atom is -0.475 e. The van der Waals surface area contributed by atoms with Crippen molar-refractivity contribution >= 4 is 28.0 Å². The van der Waals surface area contributed by atoms with Crippen molar-refractivity contribution in [3.63, 3.8) is 0 Å². The molecular formula is C24H26N2O4S. The van der Waals surface area contributed by atoms with Gasteiger partial charge >= 0.3 is 0 Å². The van der Waals surface area contributed by atoms with E-state index >= 15 is 0 Å². The van der Waals surface area contributed by atoms with E-state index in [1.807, 2.05) is 39.2 Å². The number of aryl methyl sites for hydroxylation is 1. The van der Waals surface area contributed by atoms with Crippen molar-refractivity contribution in [3.05, 3.63) is 83.6 Å².